The van der Waals surface area contributed by atoms with E-state index in [-0.39, 0.29) is 11.3 Å². The first-order valence-electron chi connectivity index (χ1n) is 8.04. The number of hydrogen-bond acceptors (Lipinski definition) is 5. The first-order chi connectivity index (χ1) is 12.4. The molecule has 26 heavy (non-hydrogen) atoms. The fraction of sp³-hybridized carbons (Fsp3) is 0.368. The van der Waals surface area contributed by atoms with E-state index in [0.717, 1.165) is 12.1 Å². The molecule has 1 saturated carbocycles. The van der Waals surface area contributed by atoms with Gasteiger partial charge < -0.3 is 10.3 Å². The normalized spacial score (nSPS) is 27.5. The fourth-order valence-corrected chi connectivity index (χ4v) is 4.03. The van der Waals surface area contributed by atoms with E-state index in [9.17, 15) is 24.6 Å². The maximum absolute atomic E-state index is 13.9. The maximum atomic E-state index is 13.9. The van der Waals surface area contributed by atoms with Gasteiger partial charge in [0.1, 0.15) is 5.92 Å². The largest absolute Gasteiger partial charge is 0.305 e. The van der Waals surface area contributed by atoms with Crippen molar-refractivity contribution in [3.8, 4) is 18.2 Å². The molecule has 7 heteroatoms. The van der Waals surface area contributed by atoms with E-state index in [1.54, 1.807) is 0 Å². The summed E-state index contributed by atoms with van der Waals surface area (Å²) in [4.78, 5) is 1.96. The second-order valence-corrected chi connectivity index (χ2v) is 6.69. The Balaban J connectivity index is 2.28. The van der Waals surface area contributed by atoms with Crippen molar-refractivity contribution in [3.63, 3.8) is 0 Å². The van der Waals surface area contributed by atoms with Gasteiger partial charge in [-0.1, -0.05) is 12.1 Å². The lowest BCUT2D eigenvalue weighted by Gasteiger charge is -2.47. The second-order valence-electron chi connectivity index (χ2n) is 6.69. The molecule has 1 aromatic rings. The molecule has 1 aliphatic heterocycles. The van der Waals surface area contributed by atoms with Crippen molar-refractivity contribution in [2.75, 3.05) is 20.1 Å². The molecule has 3 rings (SSSR count). The summed E-state index contributed by atoms with van der Waals surface area (Å²) in [5.74, 6) is -4.34. The molecule has 130 valence electrons. The van der Waals surface area contributed by atoms with Gasteiger partial charge >= 0.3 is 0 Å². The number of fused-ring (bicyclic) bond motifs is 1. The van der Waals surface area contributed by atoms with Crippen LogP contribution in [0.2, 0.25) is 0 Å². The zero-order valence-corrected chi connectivity index (χ0v) is 14.0. The van der Waals surface area contributed by atoms with Crippen molar-refractivity contribution in [2.24, 2.45) is 17.3 Å². The highest BCUT2D eigenvalue weighted by Crippen LogP contribution is 2.53. The molecule has 5 nitrogen and oxygen atoms in total. The van der Waals surface area contributed by atoms with E-state index in [1.807, 2.05) is 36.2 Å². The summed E-state index contributed by atoms with van der Waals surface area (Å²) >= 11 is 0. The Morgan fingerprint density at radius 3 is 2.46 bits per heavy atom. The van der Waals surface area contributed by atoms with Crippen LogP contribution in [0.3, 0.4) is 0 Å². The van der Waals surface area contributed by atoms with E-state index in [1.165, 1.54) is 6.07 Å². The van der Waals surface area contributed by atoms with Crippen LogP contribution in [0.4, 0.5) is 8.78 Å². The Hall–Kier alpha value is -3.08. The Morgan fingerprint density at radius 2 is 1.88 bits per heavy atom. The van der Waals surface area contributed by atoms with Gasteiger partial charge in [0.15, 0.2) is 17.0 Å². The van der Waals surface area contributed by atoms with Crippen molar-refractivity contribution < 1.29 is 8.78 Å². The molecule has 0 saturated heterocycles. The van der Waals surface area contributed by atoms with Crippen LogP contribution in [-0.2, 0) is 0 Å². The van der Waals surface area contributed by atoms with E-state index >= 15 is 0 Å². The number of hydrogen-bond donors (Lipinski definition) is 1. The van der Waals surface area contributed by atoms with Crippen molar-refractivity contribution >= 4 is 5.71 Å². The Morgan fingerprint density at radius 1 is 1.19 bits per heavy atom. The van der Waals surface area contributed by atoms with Crippen LogP contribution in [0.15, 0.2) is 29.8 Å². The number of nitrogens with zero attached hydrogens (tertiary/aromatic N) is 4. The van der Waals surface area contributed by atoms with Crippen molar-refractivity contribution in [1.29, 1.82) is 21.2 Å². The smallest absolute Gasteiger partial charge is 0.189 e. The number of rotatable bonds is 1. The third kappa shape index (κ3) is 2.39. The molecular weight excluding hydrogens is 336 g/mol. The van der Waals surface area contributed by atoms with Crippen LogP contribution in [0, 0.1) is 68.3 Å². The minimum atomic E-state index is -1.91. The molecule has 1 aromatic carbocycles. The number of nitriles is 3. The molecule has 0 aromatic heterocycles. The zero-order valence-electron chi connectivity index (χ0n) is 14.0. The molecule has 0 spiro atoms. The highest BCUT2D eigenvalue weighted by Gasteiger charge is 2.57. The molecule has 1 unspecified atom stereocenters. The number of benzene rings is 1. The zero-order chi connectivity index (χ0) is 19.1. The summed E-state index contributed by atoms with van der Waals surface area (Å²) in [7, 11) is 1.86. The average Bonchev–Trinajstić information content (AvgIpc) is 2.63. The average molecular weight is 351 g/mol. The highest BCUT2D eigenvalue weighted by molar-refractivity contribution is 6.00. The van der Waals surface area contributed by atoms with Gasteiger partial charge in [0.25, 0.3) is 0 Å². The molecule has 2 aliphatic rings. The van der Waals surface area contributed by atoms with Crippen LogP contribution in [-0.4, -0.2) is 30.7 Å². The molecule has 1 N–H and O–H groups in total. The molecule has 0 radical (unpaired) electrons. The van der Waals surface area contributed by atoms with Crippen LogP contribution >= 0.6 is 0 Å². The molecule has 3 atom stereocenters. The molecule has 1 heterocycles. The van der Waals surface area contributed by atoms with Crippen LogP contribution in [0.1, 0.15) is 11.5 Å². The van der Waals surface area contributed by atoms with Gasteiger partial charge in [-0.2, -0.15) is 15.8 Å². The molecule has 0 amide bonds. The summed E-state index contributed by atoms with van der Waals surface area (Å²) < 4.78 is 27.3. The summed E-state index contributed by atoms with van der Waals surface area (Å²) in [6.07, 6.45) is 1.84. The SMILES string of the molecule is CN1CC=C2C(C#N)C(=N)C(C#N)(C#N)[C@@H](c3ccc(F)c(F)c3)[C@H]2C1. The third-order valence-corrected chi connectivity index (χ3v) is 5.28. The minimum absolute atomic E-state index is 0.277. The predicted molar refractivity (Wildman–Crippen MR) is 88.7 cm³/mol. The van der Waals surface area contributed by atoms with Gasteiger partial charge in [-0.05, 0) is 30.3 Å². The molecule has 1 fully saturated rings. The lowest BCUT2D eigenvalue weighted by Crippen LogP contribution is -2.52. The van der Waals surface area contributed by atoms with E-state index in [0.29, 0.717) is 18.7 Å². The van der Waals surface area contributed by atoms with E-state index < -0.39 is 34.8 Å². The lowest BCUT2D eigenvalue weighted by atomic mass is 9.54. The van der Waals surface area contributed by atoms with Crippen molar-refractivity contribution in [3.05, 3.63) is 47.0 Å². The summed E-state index contributed by atoms with van der Waals surface area (Å²) in [6.45, 7) is 1.03. The number of nitrogens with one attached hydrogen (secondary N) is 1. The predicted octanol–water partition coefficient (Wildman–Crippen LogP) is 2.74. The third-order valence-electron chi connectivity index (χ3n) is 5.28. The van der Waals surface area contributed by atoms with Crippen molar-refractivity contribution in [2.45, 2.75) is 5.92 Å². The van der Waals surface area contributed by atoms with Gasteiger partial charge in [-0.15, -0.1) is 0 Å². The quantitative estimate of drug-likeness (QED) is 0.787. The van der Waals surface area contributed by atoms with Gasteiger partial charge in [0.05, 0.1) is 23.9 Å². The highest BCUT2D eigenvalue weighted by atomic mass is 19.2. The van der Waals surface area contributed by atoms with Crippen LogP contribution in [0.5, 0.6) is 0 Å². The maximum Gasteiger partial charge on any atom is 0.189 e. The Bertz CT molecular complexity index is 917. The van der Waals surface area contributed by atoms with Gasteiger partial charge in [-0.3, -0.25) is 0 Å². The summed E-state index contributed by atoms with van der Waals surface area (Å²) in [6, 6.07) is 9.15. The van der Waals surface area contributed by atoms with E-state index in [4.69, 9.17) is 5.41 Å². The standard InChI is InChI=1S/C19H15F2N5/c1-26-5-4-12-13(7-22)18(25)19(9-23,10-24)17(14(12)8-26)11-2-3-15(20)16(21)6-11/h2-4,6,13-14,17,25H,5,8H2,1H3/t13?,14-,17-/m0/s1. The van der Waals surface area contributed by atoms with E-state index in [2.05, 4.69) is 0 Å². The second kappa shape index (κ2) is 6.33. The molecule has 0 bridgehead atoms. The van der Waals surface area contributed by atoms with Gasteiger partial charge in [-0.25, -0.2) is 8.78 Å². The summed E-state index contributed by atoms with van der Waals surface area (Å²) in [5, 5.41) is 37.6. The topological polar surface area (TPSA) is 98.5 Å². The number of likely N-dealkylation sites (N-methyl/N-ethyl adjacent to an activating group) is 1. The summed E-state index contributed by atoms with van der Waals surface area (Å²) in [5.41, 5.74) is -1.26. The Labute approximate surface area is 149 Å². The van der Waals surface area contributed by atoms with Crippen molar-refractivity contribution in [1.82, 2.24) is 4.90 Å². The lowest BCUT2D eigenvalue weighted by molar-refractivity contribution is 0.234. The first kappa shape index (κ1) is 17.7. The van der Waals surface area contributed by atoms with Crippen LogP contribution in [0.25, 0.3) is 0 Å². The molecule has 1 aliphatic carbocycles. The Kier molecular flexibility index (Phi) is 4.32. The van der Waals surface area contributed by atoms with Crippen LogP contribution < -0.4 is 0 Å². The first-order valence-corrected chi connectivity index (χ1v) is 8.04. The van der Waals surface area contributed by atoms with Gasteiger partial charge in [0.2, 0.25) is 0 Å². The van der Waals surface area contributed by atoms with Gasteiger partial charge in [0, 0.05) is 24.9 Å². The number of halogens is 2. The monoisotopic (exact) mass is 351 g/mol. The molecular formula is C19H15F2N5. The fourth-order valence-electron chi connectivity index (χ4n) is 4.03. The minimum Gasteiger partial charge on any atom is -0.305 e.